The zero-order valence-corrected chi connectivity index (χ0v) is 22.7. The van der Waals surface area contributed by atoms with Gasteiger partial charge in [0.15, 0.2) is 5.82 Å². The Bertz CT molecular complexity index is 1590. The fraction of sp³-hybridized carbons (Fsp3) is 0.310. The molecule has 0 unspecified atom stereocenters. The Morgan fingerprint density at radius 1 is 1.11 bits per heavy atom. The molecule has 0 aliphatic rings. The van der Waals surface area contributed by atoms with Crippen LogP contribution in [0.4, 0.5) is 0 Å². The van der Waals surface area contributed by atoms with Gasteiger partial charge in [-0.05, 0) is 84.5 Å². The van der Waals surface area contributed by atoms with Gasteiger partial charge in [-0.1, -0.05) is 48.9 Å². The lowest BCUT2D eigenvalue weighted by Gasteiger charge is -2.33. The summed E-state index contributed by atoms with van der Waals surface area (Å²) in [7, 11) is 0. The largest absolute Gasteiger partial charge is 0.468 e. The van der Waals surface area contributed by atoms with Crippen molar-refractivity contribution in [1.82, 2.24) is 30.1 Å². The van der Waals surface area contributed by atoms with Crippen molar-refractivity contribution in [3.8, 4) is 0 Å². The van der Waals surface area contributed by atoms with Crippen molar-refractivity contribution in [3.05, 3.63) is 111 Å². The van der Waals surface area contributed by atoms with Gasteiger partial charge in [-0.15, -0.1) is 5.10 Å². The van der Waals surface area contributed by atoms with Crippen LogP contribution in [-0.4, -0.2) is 30.1 Å². The Labute approximate surface area is 226 Å². The summed E-state index contributed by atoms with van der Waals surface area (Å²) in [6.45, 7) is 9.21. The molecule has 0 aliphatic heterocycles. The third-order valence-electron chi connectivity index (χ3n) is 7.19. The summed E-state index contributed by atoms with van der Waals surface area (Å²) < 4.78 is 7.59. The van der Waals surface area contributed by atoms with Gasteiger partial charge in [0.2, 0.25) is 0 Å². The number of fused-ring (bicyclic) bond motifs is 1. The van der Waals surface area contributed by atoms with Gasteiger partial charge in [0.25, 0.3) is 5.56 Å². The molecular formula is C29H31ClN6O2. The van der Waals surface area contributed by atoms with Crippen molar-refractivity contribution >= 4 is 22.5 Å². The highest BCUT2D eigenvalue weighted by molar-refractivity contribution is 6.30. The highest BCUT2D eigenvalue weighted by Gasteiger charge is 2.35. The van der Waals surface area contributed by atoms with Crippen molar-refractivity contribution in [3.63, 3.8) is 0 Å². The van der Waals surface area contributed by atoms with Gasteiger partial charge in [-0.25, -0.2) is 4.68 Å². The van der Waals surface area contributed by atoms with Crippen molar-refractivity contribution in [2.75, 3.05) is 0 Å². The van der Waals surface area contributed by atoms with Gasteiger partial charge in [-0.2, -0.15) is 0 Å². The Balaban J connectivity index is 1.73. The lowest BCUT2D eigenvalue weighted by Crippen LogP contribution is -2.38. The average molecular weight is 531 g/mol. The molecule has 0 saturated heterocycles. The monoisotopic (exact) mass is 530 g/mol. The van der Waals surface area contributed by atoms with Gasteiger partial charge in [0.1, 0.15) is 11.8 Å². The summed E-state index contributed by atoms with van der Waals surface area (Å²) in [6, 6.07) is 18.9. The Hall–Kier alpha value is -3.75. The second-order valence-electron chi connectivity index (χ2n) is 10.2. The molecular weight excluding hydrogens is 500 g/mol. The summed E-state index contributed by atoms with van der Waals surface area (Å²) in [4.78, 5) is 19.0. The van der Waals surface area contributed by atoms with E-state index in [4.69, 9.17) is 16.0 Å². The molecule has 196 valence electrons. The SMILES string of the molecule is CCC(C)(C)n1nnnc1[C@H](c1cc2cccc(C)c2[nH]c1=O)N(Cc1ccc(Cl)cc1)Cc1ccco1. The summed E-state index contributed by atoms with van der Waals surface area (Å²) >= 11 is 6.18. The van der Waals surface area contributed by atoms with E-state index in [9.17, 15) is 4.79 Å². The summed E-state index contributed by atoms with van der Waals surface area (Å²) in [5.41, 5.74) is 2.88. The zero-order valence-electron chi connectivity index (χ0n) is 22.0. The van der Waals surface area contributed by atoms with Crippen LogP contribution in [0.3, 0.4) is 0 Å². The summed E-state index contributed by atoms with van der Waals surface area (Å²) in [6.07, 6.45) is 2.46. The van der Waals surface area contributed by atoms with Gasteiger partial charge < -0.3 is 9.40 Å². The van der Waals surface area contributed by atoms with Crippen molar-refractivity contribution < 1.29 is 4.42 Å². The van der Waals surface area contributed by atoms with Gasteiger partial charge in [0.05, 0.1) is 23.9 Å². The smallest absolute Gasteiger partial charge is 0.253 e. The van der Waals surface area contributed by atoms with E-state index in [1.807, 2.05) is 72.3 Å². The number of H-pyrrole nitrogens is 1. The number of hydrogen-bond acceptors (Lipinski definition) is 6. The van der Waals surface area contributed by atoms with Gasteiger partial charge >= 0.3 is 0 Å². The van der Waals surface area contributed by atoms with E-state index in [1.54, 1.807) is 6.26 Å². The molecule has 0 bridgehead atoms. The van der Waals surface area contributed by atoms with Gasteiger partial charge in [0, 0.05) is 17.1 Å². The fourth-order valence-electron chi connectivity index (χ4n) is 4.71. The molecule has 3 heterocycles. The minimum atomic E-state index is -0.565. The van der Waals surface area contributed by atoms with E-state index in [0.717, 1.165) is 34.2 Å². The molecule has 0 aliphatic carbocycles. The number of para-hydroxylation sites is 1. The Kier molecular flexibility index (Phi) is 7.19. The molecule has 3 aromatic heterocycles. The van der Waals surface area contributed by atoms with Crippen molar-refractivity contribution in [1.29, 1.82) is 0 Å². The highest BCUT2D eigenvalue weighted by Crippen LogP contribution is 2.33. The number of aryl methyl sites for hydroxylation is 1. The first-order valence-corrected chi connectivity index (χ1v) is 13.1. The number of nitrogens with zero attached hydrogens (tertiary/aromatic N) is 5. The van der Waals surface area contributed by atoms with E-state index in [0.29, 0.717) is 29.5 Å². The van der Waals surface area contributed by atoms with Crippen LogP contribution in [0.1, 0.15) is 61.5 Å². The number of aromatic amines is 1. The van der Waals surface area contributed by atoms with Gasteiger partial charge in [-0.3, -0.25) is 9.69 Å². The molecule has 8 nitrogen and oxygen atoms in total. The second kappa shape index (κ2) is 10.6. The molecule has 1 atom stereocenters. The lowest BCUT2D eigenvalue weighted by atomic mass is 9.98. The number of tetrazole rings is 1. The van der Waals surface area contributed by atoms with Crippen molar-refractivity contribution in [2.45, 2.75) is 58.8 Å². The van der Waals surface area contributed by atoms with E-state index >= 15 is 0 Å². The molecule has 2 aromatic carbocycles. The van der Waals surface area contributed by atoms with Crippen LogP contribution < -0.4 is 5.56 Å². The zero-order chi connectivity index (χ0) is 26.9. The van der Waals surface area contributed by atoms with E-state index in [-0.39, 0.29) is 11.1 Å². The fourth-order valence-corrected chi connectivity index (χ4v) is 4.84. The van der Waals surface area contributed by atoms with Crippen molar-refractivity contribution in [2.24, 2.45) is 0 Å². The number of pyridine rings is 1. The van der Waals surface area contributed by atoms with Crippen LogP contribution in [0.5, 0.6) is 0 Å². The van der Waals surface area contributed by atoms with E-state index in [1.165, 1.54) is 0 Å². The first-order chi connectivity index (χ1) is 18.3. The molecule has 0 radical (unpaired) electrons. The first-order valence-electron chi connectivity index (χ1n) is 12.7. The molecule has 5 aromatic rings. The predicted molar refractivity (Wildman–Crippen MR) is 148 cm³/mol. The normalized spacial score (nSPS) is 12.9. The van der Waals surface area contributed by atoms with Crippen LogP contribution in [0.25, 0.3) is 10.9 Å². The number of aromatic nitrogens is 5. The van der Waals surface area contributed by atoms with Crippen LogP contribution >= 0.6 is 11.6 Å². The summed E-state index contributed by atoms with van der Waals surface area (Å²) in [5, 5.41) is 14.6. The molecule has 0 saturated carbocycles. The molecule has 1 N–H and O–H groups in total. The molecule has 0 amide bonds. The maximum Gasteiger partial charge on any atom is 0.253 e. The minimum absolute atomic E-state index is 0.179. The van der Waals surface area contributed by atoms with Crippen LogP contribution in [0.2, 0.25) is 5.02 Å². The lowest BCUT2D eigenvalue weighted by molar-refractivity contribution is 0.168. The molecule has 0 fully saturated rings. The number of benzene rings is 2. The minimum Gasteiger partial charge on any atom is -0.468 e. The highest BCUT2D eigenvalue weighted by atomic mass is 35.5. The number of halogens is 1. The average Bonchev–Trinajstić information content (AvgIpc) is 3.59. The maximum absolute atomic E-state index is 13.8. The standard InChI is InChI=1S/C29H31ClN6O2/c1-5-29(3,4)36-27(32-33-34-36)26(24-16-21-9-6-8-19(2)25(21)31-28(24)37)35(18-23-10-7-15-38-23)17-20-11-13-22(30)14-12-20/h6-16,26H,5,17-18H2,1-4H3,(H,31,37)/t26-/m0/s1. The Morgan fingerprint density at radius 2 is 1.89 bits per heavy atom. The number of hydrogen-bond donors (Lipinski definition) is 1. The number of furan rings is 1. The first kappa shape index (κ1) is 25.9. The Morgan fingerprint density at radius 3 is 2.61 bits per heavy atom. The third kappa shape index (κ3) is 5.14. The molecule has 5 rings (SSSR count). The second-order valence-corrected chi connectivity index (χ2v) is 10.7. The van der Waals surface area contributed by atoms with Crippen LogP contribution in [0.15, 0.2) is 76.1 Å². The van der Waals surface area contributed by atoms with E-state index < -0.39 is 6.04 Å². The van der Waals surface area contributed by atoms with E-state index in [2.05, 4.69) is 46.2 Å². The van der Waals surface area contributed by atoms with Crippen LogP contribution in [0, 0.1) is 6.92 Å². The molecule has 38 heavy (non-hydrogen) atoms. The number of nitrogens with one attached hydrogen (secondary N) is 1. The maximum atomic E-state index is 13.8. The van der Waals surface area contributed by atoms with Crippen LogP contribution in [-0.2, 0) is 18.6 Å². The molecule has 9 heteroatoms. The number of rotatable bonds is 9. The quantitative estimate of drug-likeness (QED) is 0.251. The topological polar surface area (TPSA) is 92.8 Å². The summed E-state index contributed by atoms with van der Waals surface area (Å²) in [5.74, 6) is 1.36. The predicted octanol–water partition coefficient (Wildman–Crippen LogP) is 6.01. The molecule has 0 spiro atoms. The third-order valence-corrected chi connectivity index (χ3v) is 7.44.